The quantitative estimate of drug-likeness (QED) is 0.298. The number of hydrogen-bond donors (Lipinski definition) is 3. The molecule has 0 fully saturated rings. The number of hydrogen-bond acceptors (Lipinski definition) is 3. The zero-order valence-electron chi connectivity index (χ0n) is 19.2. The SMILES string of the molecule is CC(NC(=O)c1ccccc1NC(=S)NC(=O)c1ccc(-c2ccccc2)cc1)c1ccccc1. The Morgan fingerprint density at radius 1 is 0.686 bits per heavy atom. The van der Waals surface area contributed by atoms with Gasteiger partial charge >= 0.3 is 0 Å². The van der Waals surface area contributed by atoms with Gasteiger partial charge in [0.25, 0.3) is 11.8 Å². The third-order valence-corrected chi connectivity index (χ3v) is 5.75. The van der Waals surface area contributed by atoms with Crippen molar-refractivity contribution >= 4 is 34.8 Å². The molecule has 4 rings (SSSR count). The standard InChI is InChI=1S/C29H25N3O2S/c1-20(21-10-4-2-5-11-21)30-28(34)25-14-8-9-15-26(25)31-29(35)32-27(33)24-18-16-23(17-19-24)22-12-6-3-7-13-22/h2-20H,1H3,(H,30,34)(H2,31,32,33,35). The minimum absolute atomic E-state index is 0.110. The molecule has 4 aromatic carbocycles. The first-order chi connectivity index (χ1) is 17.0. The second-order valence-electron chi connectivity index (χ2n) is 8.00. The van der Waals surface area contributed by atoms with Crippen molar-refractivity contribution in [2.75, 3.05) is 5.32 Å². The molecule has 0 aliphatic heterocycles. The topological polar surface area (TPSA) is 70.2 Å². The van der Waals surface area contributed by atoms with E-state index in [1.165, 1.54) is 0 Å². The zero-order chi connectivity index (χ0) is 24.6. The summed E-state index contributed by atoms with van der Waals surface area (Å²) in [6.07, 6.45) is 0. The molecule has 6 heteroatoms. The van der Waals surface area contributed by atoms with Gasteiger partial charge in [0.1, 0.15) is 0 Å². The molecular formula is C29H25N3O2S. The van der Waals surface area contributed by atoms with Crippen LogP contribution < -0.4 is 16.0 Å². The molecule has 4 aromatic rings. The van der Waals surface area contributed by atoms with Crippen LogP contribution in [0.25, 0.3) is 11.1 Å². The molecule has 0 saturated carbocycles. The van der Waals surface area contributed by atoms with E-state index in [0.717, 1.165) is 16.7 Å². The smallest absolute Gasteiger partial charge is 0.257 e. The van der Waals surface area contributed by atoms with Crippen molar-refractivity contribution < 1.29 is 9.59 Å². The Hall–Kier alpha value is -4.29. The van der Waals surface area contributed by atoms with Gasteiger partial charge in [0, 0.05) is 5.56 Å². The number of anilines is 1. The highest BCUT2D eigenvalue weighted by Gasteiger charge is 2.16. The van der Waals surface area contributed by atoms with Gasteiger partial charge < -0.3 is 10.6 Å². The van der Waals surface area contributed by atoms with Gasteiger partial charge in [0.15, 0.2) is 5.11 Å². The van der Waals surface area contributed by atoms with E-state index in [0.29, 0.717) is 16.8 Å². The highest BCUT2D eigenvalue weighted by atomic mass is 32.1. The Labute approximate surface area is 210 Å². The summed E-state index contributed by atoms with van der Waals surface area (Å²) in [5, 5.41) is 8.78. The molecule has 35 heavy (non-hydrogen) atoms. The summed E-state index contributed by atoms with van der Waals surface area (Å²) < 4.78 is 0. The Morgan fingerprint density at radius 3 is 1.94 bits per heavy atom. The van der Waals surface area contributed by atoms with Gasteiger partial charge in [0.05, 0.1) is 17.3 Å². The van der Waals surface area contributed by atoms with Crippen LogP contribution in [0.5, 0.6) is 0 Å². The Kier molecular flexibility index (Phi) is 7.65. The van der Waals surface area contributed by atoms with Crippen LogP contribution in [0.4, 0.5) is 5.69 Å². The van der Waals surface area contributed by atoms with Gasteiger partial charge in [-0.15, -0.1) is 0 Å². The van der Waals surface area contributed by atoms with Gasteiger partial charge in [-0.05, 0) is 60.1 Å². The maximum Gasteiger partial charge on any atom is 0.257 e. The summed E-state index contributed by atoms with van der Waals surface area (Å²) in [6.45, 7) is 1.93. The van der Waals surface area contributed by atoms with E-state index in [1.54, 1.807) is 36.4 Å². The van der Waals surface area contributed by atoms with Crippen molar-refractivity contribution in [3.05, 3.63) is 126 Å². The number of amides is 2. The molecule has 0 saturated heterocycles. The van der Waals surface area contributed by atoms with Crippen LogP contribution in [0, 0.1) is 0 Å². The maximum absolute atomic E-state index is 12.9. The molecule has 0 aliphatic rings. The van der Waals surface area contributed by atoms with Crippen LogP contribution in [-0.4, -0.2) is 16.9 Å². The average Bonchev–Trinajstić information content (AvgIpc) is 2.90. The number of benzene rings is 4. The molecule has 0 aromatic heterocycles. The number of carbonyl (C=O) groups is 2. The number of para-hydroxylation sites is 1. The Bertz CT molecular complexity index is 1320. The highest BCUT2D eigenvalue weighted by molar-refractivity contribution is 7.80. The van der Waals surface area contributed by atoms with E-state index in [2.05, 4.69) is 16.0 Å². The van der Waals surface area contributed by atoms with E-state index in [1.807, 2.05) is 79.7 Å². The molecular weight excluding hydrogens is 454 g/mol. The van der Waals surface area contributed by atoms with Crippen molar-refractivity contribution in [2.24, 2.45) is 0 Å². The van der Waals surface area contributed by atoms with Crippen molar-refractivity contribution in [2.45, 2.75) is 13.0 Å². The molecule has 1 unspecified atom stereocenters. The van der Waals surface area contributed by atoms with Crippen molar-refractivity contribution in [1.29, 1.82) is 0 Å². The summed E-state index contributed by atoms with van der Waals surface area (Å²) in [6, 6.07) is 33.9. The van der Waals surface area contributed by atoms with Crippen LogP contribution in [0.1, 0.15) is 39.2 Å². The minimum atomic E-state index is -0.332. The fraction of sp³-hybridized carbons (Fsp3) is 0.0690. The predicted octanol–water partition coefficient (Wildman–Crippen LogP) is 5.97. The lowest BCUT2D eigenvalue weighted by Crippen LogP contribution is -2.35. The molecule has 1 atom stereocenters. The van der Waals surface area contributed by atoms with Crippen LogP contribution in [0.3, 0.4) is 0 Å². The molecule has 174 valence electrons. The van der Waals surface area contributed by atoms with Gasteiger partial charge in [-0.25, -0.2) is 0 Å². The van der Waals surface area contributed by atoms with Gasteiger partial charge in [-0.3, -0.25) is 14.9 Å². The van der Waals surface area contributed by atoms with E-state index < -0.39 is 0 Å². The minimum Gasteiger partial charge on any atom is -0.345 e. The molecule has 0 bridgehead atoms. The van der Waals surface area contributed by atoms with E-state index >= 15 is 0 Å². The van der Waals surface area contributed by atoms with Gasteiger partial charge in [-0.2, -0.15) is 0 Å². The Morgan fingerprint density at radius 2 is 1.26 bits per heavy atom. The van der Waals surface area contributed by atoms with Gasteiger partial charge in [0.2, 0.25) is 0 Å². The van der Waals surface area contributed by atoms with E-state index in [9.17, 15) is 9.59 Å². The maximum atomic E-state index is 12.9. The number of thiocarbonyl (C=S) groups is 1. The molecule has 0 radical (unpaired) electrons. The molecule has 0 heterocycles. The first-order valence-electron chi connectivity index (χ1n) is 11.2. The summed E-state index contributed by atoms with van der Waals surface area (Å²) in [7, 11) is 0. The van der Waals surface area contributed by atoms with E-state index in [-0.39, 0.29) is 23.0 Å². The molecule has 0 aliphatic carbocycles. The predicted molar refractivity (Wildman–Crippen MR) is 144 cm³/mol. The van der Waals surface area contributed by atoms with Gasteiger partial charge in [-0.1, -0.05) is 84.9 Å². The van der Waals surface area contributed by atoms with E-state index in [4.69, 9.17) is 12.2 Å². The van der Waals surface area contributed by atoms with Crippen molar-refractivity contribution in [3.8, 4) is 11.1 Å². The lowest BCUT2D eigenvalue weighted by Gasteiger charge is -2.17. The fourth-order valence-corrected chi connectivity index (χ4v) is 3.87. The molecule has 0 spiro atoms. The largest absolute Gasteiger partial charge is 0.345 e. The van der Waals surface area contributed by atoms with Crippen LogP contribution in [0.2, 0.25) is 0 Å². The van der Waals surface area contributed by atoms with Crippen LogP contribution in [-0.2, 0) is 0 Å². The molecule has 2 amide bonds. The number of nitrogens with one attached hydrogen (secondary N) is 3. The average molecular weight is 480 g/mol. The van der Waals surface area contributed by atoms with Crippen LogP contribution >= 0.6 is 12.2 Å². The summed E-state index contributed by atoms with van der Waals surface area (Å²) in [4.78, 5) is 25.6. The lowest BCUT2D eigenvalue weighted by molar-refractivity contribution is 0.0939. The van der Waals surface area contributed by atoms with Crippen LogP contribution in [0.15, 0.2) is 109 Å². The lowest BCUT2D eigenvalue weighted by atomic mass is 10.0. The second-order valence-corrected chi connectivity index (χ2v) is 8.41. The first kappa shape index (κ1) is 23.9. The van der Waals surface area contributed by atoms with Crippen molar-refractivity contribution in [3.63, 3.8) is 0 Å². The van der Waals surface area contributed by atoms with Crippen molar-refractivity contribution in [1.82, 2.24) is 10.6 Å². The molecule has 3 N–H and O–H groups in total. The normalized spacial score (nSPS) is 11.2. The number of rotatable bonds is 6. The highest BCUT2D eigenvalue weighted by Crippen LogP contribution is 2.20. The summed E-state index contributed by atoms with van der Waals surface area (Å²) in [5.74, 6) is -0.572. The summed E-state index contributed by atoms with van der Waals surface area (Å²) >= 11 is 5.35. The number of carbonyl (C=O) groups excluding carboxylic acids is 2. The second kappa shape index (κ2) is 11.2. The fourth-order valence-electron chi connectivity index (χ4n) is 3.66. The monoisotopic (exact) mass is 479 g/mol. The Balaban J connectivity index is 1.39. The third kappa shape index (κ3) is 6.19. The first-order valence-corrected chi connectivity index (χ1v) is 11.6. The zero-order valence-corrected chi connectivity index (χ0v) is 20.0. The third-order valence-electron chi connectivity index (χ3n) is 5.55. The molecule has 5 nitrogen and oxygen atoms in total. The summed E-state index contributed by atoms with van der Waals surface area (Å²) in [5.41, 5.74) is 4.53.